The van der Waals surface area contributed by atoms with Gasteiger partial charge in [-0.15, -0.1) is 0 Å². The molecule has 0 radical (unpaired) electrons. The number of aliphatic hydroxyl groups is 1. The van der Waals surface area contributed by atoms with Gasteiger partial charge < -0.3 is 5.11 Å². The summed E-state index contributed by atoms with van der Waals surface area (Å²) in [5.74, 6) is 0.336. The van der Waals surface area contributed by atoms with Crippen molar-refractivity contribution in [1.29, 1.82) is 0 Å². The predicted molar refractivity (Wildman–Crippen MR) is 59.3 cm³/mol. The maximum absolute atomic E-state index is 10.1. The Balaban J connectivity index is 1.86. The molecule has 0 spiro atoms. The Morgan fingerprint density at radius 2 is 2.27 bits per heavy atom. The van der Waals surface area contributed by atoms with E-state index in [1.165, 1.54) is 5.56 Å². The summed E-state index contributed by atoms with van der Waals surface area (Å²) in [7, 11) is 0. The van der Waals surface area contributed by atoms with Crippen LogP contribution in [0.15, 0.2) is 24.5 Å². The van der Waals surface area contributed by atoms with Crippen molar-refractivity contribution in [3.05, 3.63) is 30.1 Å². The SMILES string of the molecule is CC(C)C1(O)CN(Cc2cccnc2)C1. The number of nitrogens with zero attached hydrogens (tertiary/aromatic N) is 2. The highest BCUT2D eigenvalue weighted by Gasteiger charge is 2.43. The number of likely N-dealkylation sites (tertiary alicyclic amines) is 1. The van der Waals surface area contributed by atoms with E-state index < -0.39 is 5.60 Å². The molecule has 1 N–H and O–H groups in total. The minimum Gasteiger partial charge on any atom is -0.387 e. The predicted octanol–water partition coefficient (Wildman–Crippen LogP) is 1.28. The molecule has 2 rings (SSSR count). The Labute approximate surface area is 90.8 Å². The molecule has 0 unspecified atom stereocenters. The van der Waals surface area contributed by atoms with Crippen LogP contribution >= 0.6 is 0 Å². The average Bonchev–Trinajstić information content (AvgIpc) is 2.16. The van der Waals surface area contributed by atoms with Crippen molar-refractivity contribution in [2.24, 2.45) is 5.92 Å². The van der Waals surface area contributed by atoms with Crippen LogP contribution in [0.5, 0.6) is 0 Å². The molecule has 0 aromatic carbocycles. The fraction of sp³-hybridized carbons (Fsp3) is 0.583. The monoisotopic (exact) mass is 206 g/mol. The van der Waals surface area contributed by atoms with Gasteiger partial charge in [-0.25, -0.2) is 0 Å². The molecule has 1 saturated heterocycles. The van der Waals surface area contributed by atoms with Gasteiger partial charge in [0.1, 0.15) is 0 Å². The van der Waals surface area contributed by atoms with Gasteiger partial charge in [0.05, 0.1) is 5.60 Å². The first-order chi connectivity index (χ1) is 7.10. The smallest absolute Gasteiger partial charge is 0.0923 e. The summed E-state index contributed by atoms with van der Waals surface area (Å²) in [4.78, 5) is 6.33. The lowest BCUT2D eigenvalue weighted by molar-refractivity contribution is -0.130. The summed E-state index contributed by atoms with van der Waals surface area (Å²) in [6, 6.07) is 4.02. The second-order valence-corrected chi connectivity index (χ2v) is 4.76. The molecule has 0 saturated carbocycles. The van der Waals surface area contributed by atoms with Gasteiger partial charge in [0.15, 0.2) is 0 Å². The zero-order chi connectivity index (χ0) is 10.9. The molecule has 3 heteroatoms. The number of pyridine rings is 1. The van der Waals surface area contributed by atoms with E-state index in [1.807, 2.05) is 12.3 Å². The van der Waals surface area contributed by atoms with E-state index in [4.69, 9.17) is 0 Å². The Morgan fingerprint density at radius 3 is 2.80 bits per heavy atom. The highest BCUT2D eigenvalue weighted by atomic mass is 16.3. The lowest BCUT2D eigenvalue weighted by Gasteiger charge is -2.49. The molecule has 0 amide bonds. The van der Waals surface area contributed by atoms with Crippen LogP contribution in [0.4, 0.5) is 0 Å². The van der Waals surface area contributed by atoms with Gasteiger partial charge in [-0.1, -0.05) is 19.9 Å². The maximum atomic E-state index is 10.1. The van der Waals surface area contributed by atoms with Gasteiger partial charge >= 0.3 is 0 Å². The van der Waals surface area contributed by atoms with Crippen molar-refractivity contribution < 1.29 is 5.11 Å². The van der Waals surface area contributed by atoms with Crippen LogP contribution in [0.1, 0.15) is 19.4 Å². The van der Waals surface area contributed by atoms with E-state index in [2.05, 4.69) is 29.8 Å². The molecular formula is C12H18N2O. The lowest BCUT2D eigenvalue weighted by Crippen LogP contribution is -2.63. The van der Waals surface area contributed by atoms with E-state index in [9.17, 15) is 5.11 Å². The van der Waals surface area contributed by atoms with Gasteiger partial charge in [-0.3, -0.25) is 9.88 Å². The second kappa shape index (κ2) is 3.91. The van der Waals surface area contributed by atoms with Crippen molar-refractivity contribution >= 4 is 0 Å². The van der Waals surface area contributed by atoms with Crippen LogP contribution in [0, 0.1) is 5.92 Å². The van der Waals surface area contributed by atoms with E-state index in [1.54, 1.807) is 6.20 Å². The van der Waals surface area contributed by atoms with Crippen molar-refractivity contribution in [3.63, 3.8) is 0 Å². The maximum Gasteiger partial charge on any atom is 0.0923 e. The molecule has 1 aromatic rings. The molecule has 15 heavy (non-hydrogen) atoms. The van der Waals surface area contributed by atoms with Crippen LogP contribution in [0.2, 0.25) is 0 Å². The third kappa shape index (κ3) is 2.19. The summed E-state index contributed by atoms with van der Waals surface area (Å²) in [5, 5.41) is 10.1. The molecule has 0 bridgehead atoms. The molecule has 1 aromatic heterocycles. The van der Waals surface area contributed by atoms with E-state index in [0.717, 1.165) is 19.6 Å². The molecular weight excluding hydrogens is 188 g/mol. The van der Waals surface area contributed by atoms with Crippen LogP contribution < -0.4 is 0 Å². The van der Waals surface area contributed by atoms with E-state index in [-0.39, 0.29) is 0 Å². The summed E-state index contributed by atoms with van der Waals surface area (Å²) >= 11 is 0. The third-order valence-electron chi connectivity index (χ3n) is 3.20. The molecule has 1 aliphatic heterocycles. The summed E-state index contributed by atoms with van der Waals surface area (Å²) in [6.45, 7) is 6.59. The number of rotatable bonds is 3. The Hall–Kier alpha value is -0.930. The molecule has 2 heterocycles. The summed E-state index contributed by atoms with van der Waals surface area (Å²) in [6.07, 6.45) is 3.66. The number of hydrogen-bond donors (Lipinski definition) is 1. The van der Waals surface area contributed by atoms with Crippen molar-refractivity contribution in [3.8, 4) is 0 Å². The zero-order valence-electron chi connectivity index (χ0n) is 9.35. The molecule has 0 atom stereocenters. The van der Waals surface area contributed by atoms with Gasteiger partial charge in [-0.05, 0) is 17.5 Å². The van der Waals surface area contributed by atoms with Crippen molar-refractivity contribution in [1.82, 2.24) is 9.88 Å². The normalized spacial score (nSPS) is 20.3. The fourth-order valence-electron chi connectivity index (χ4n) is 1.95. The van der Waals surface area contributed by atoms with Gasteiger partial charge in [0.25, 0.3) is 0 Å². The van der Waals surface area contributed by atoms with Gasteiger partial charge in [0, 0.05) is 32.0 Å². The number of β-amino-alcohol motifs (C(OH)–C–C–N with tert-alkyl or cyclic N) is 1. The second-order valence-electron chi connectivity index (χ2n) is 4.76. The highest BCUT2D eigenvalue weighted by Crippen LogP contribution is 2.29. The quantitative estimate of drug-likeness (QED) is 0.809. The van der Waals surface area contributed by atoms with Crippen LogP contribution in [0.3, 0.4) is 0 Å². The minimum atomic E-state index is -0.470. The Morgan fingerprint density at radius 1 is 1.53 bits per heavy atom. The number of aromatic nitrogens is 1. The molecule has 3 nitrogen and oxygen atoms in total. The average molecular weight is 206 g/mol. The fourth-order valence-corrected chi connectivity index (χ4v) is 1.95. The molecule has 1 aliphatic rings. The van der Waals surface area contributed by atoms with Gasteiger partial charge in [0.2, 0.25) is 0 Å². The van der Waals surface area contributed by atoms with Crippen molar-refractivity contribution in [2.75, 3.05) is 13.1 Å². The Bertz CT molecular complexity index is 318. The topological polar surface area (TPSA) is 36.4 Å². The standard InChI is InChI=1S/C12H18N2O/c1-10(2)12(15)8-14(9-12)7-11-4-3-5-13-6-11/h3-6,10,15H,7-9H2,1-2H3. The van der Waals surface area contributed by atoms with Crippen molar-refractivity contribution in [2.45, 2.75) is 26.0 Å². The van der Waals surface area contributed by atoms with Crippen LogP contribution in [-0.4, -0.2) is 33.7 Å². The van der Waals surface area contributed by atoms with Crippen LogP contribution in [0.25, 0.3) is 0 Å². The molecule has 0 aliphatic carbocycles. The molecule has 1 fully saturated rings. The third-order valence-corrected chi connectivity index (χ3v) is 3.20. The van der Waals surface area contributed by atoms with Gasteiger partial charge in [-0.2, -0.15) is 0 Å². The summed E-state index contributed by atoms with van der Waals surface area (Å²) in [5.41, 5.74) is 0.741. The Kier molecular flexibility index (Phi) is 2.76. The largest absolute Gasteiger partial charge is 0.387 e. The first-order valence-electron chi connectivity index (χ1n) is 5.44. The van der Waals surface area contributed by atoms with E-state index in [0.29, 0.717) is 5.92 Å². The first kappa shape index (κ1) is 10.6. The zero-order valence-corrected chi connectivity index (χ0v) is 9.35. The highest BCUT2D eigenvalue weighted by molar-refractivity contribution is 5.10. The molecule has 82 valence electrons. The minimum absolute atomic E-state index is 0.336. The van der Waals surface area contributed by atoms with E-state index >= 15 is 0 Å². The summed E-state index contributed by atoms with van der Waals surface area (Å²) < 4.78 is 0. The number of hydrogen-bond acceptors (Lipinski definition) is 3. The first-order valence-corrected chi connectivity index (χ1v) is 5.44. The lowest BCUT2D eigenvalue weighted by atomic mass is 9.83. The van der Waals surface area contributed by atoms with Crippen LogP contribution in [-0.2, 0) is 6.54 Å².